The van der Waals surface area contributed by atoms with Crippen LogP contribution in [0.4, 0.5) is 11.6 Å². The molecule has 0 aliphatic heterocycles. The quantitative estimate of drug-likeness (QED) is 0.854. The van der Waals surface area contributed by atoms with Crippen LogP contribution in [0.2, 0.25) is 0 Å². The Kier molecular flexibility index (Phi) is 4.27. The molecule has 0 atom stereocenters. The van der Waals surface area contributed by atoms with Gasteiger partial charge < -0.3 is 10.2 Å². The highest BCUT2D eigenvalue weighted by Gasteiger charge is 2.26. The zero-order valence-corrected chi connectivity index (χ0v) is 12.8. The Balaban J connectivity index is 2.30. The second-order valence-corrected chi connectivity index (χ2v) is 6.06. The van der Waals surface area contributed by atoms with Crippen LogP contribution in [0.3, 0.4) is 0 Å². The van der Waals surface area contributed by atoms with Gasteiger partial charge in [0.05, 0.1) is 0 Å². The van der Waals surface area contributed by atoms with Gasteiger partial charge >= 0.3 is 0 Å². The van der Waals surface area contributed by atoms with Crippen LogP contribution in [0, 0.1) is 5.92 Å². The van der Waals surface area contributed by atoms with Crippen molar-refractivity contribution >= 4 is 11.6 Å². The van der Waals surface area contributed by atoms with E-state index in [2.05, 4.69) is 49.0 Å². The van der Waals surface area contributed by atoms with Crippen molar-refractivity contribution in [3.8, 4) is 0 Å². The van der Waals surface area contributed by atoms with E-state index in [4.69, 9.17) is 4.98 Å². The minimum absolute atomic E-state index is 0.349. The smallest absolute Gasteiger partial charge is 0.135 e. The Morgan fingerprint density at radius 1 is 1.26 bits per heavy atom. The number of aromatic nitrogens is 2. The summed E-state index contributed by atoms with van der Waals surface area (Å²) in [5.74, 6) is 4.10. The monoisotopic (exact) mass is 262 g/mol. The standard InChI is InChI=1S/C15H26N4/c1-10(2)15-17-13(16-5)8-14(18-15)19(11(3)4)9-12-6-7-12/h8,10-12H,6-7,9H2,1-5H3,(H,16,17,18). The molecule has 1 heterocycles. The van der Waals surface area contributed by atoms with Crippen LogP contribution in [0.1, 0.15) is 52.3 Å². The molecule has 19 heavy (non-hydrogen) atoms. The molecule has 1 N–H and O–H groups in total. The normalized spacial score (nSPS) is 15.1. The first-order valence-corrected chi connectivity index (χ1v) is 7.34. The molecule has 0 unspecified atom stereocenters. The Bertz CT molecular complexity index is 424. The molecule has 0 bridgehead atoms. The summed E-state index contributed by atoms with van der Waals surface area (Å²) in [5, 5.41) is 3.15. The highest BCUT2D eigenvalue weighted by molar-refractivity contribution is 5.50. The molecule has 1 aromatic rings. The summed E-state index contributed by atoms with van der Waals surface area (Å²) >= 11 is 0. The highest BCUT2D eigenvalue weighted by Crippen LogP contribution is 2.32. The van der Waals surface area contributed by atoms with E-state index in [0.717, 1.165) is 29.9 Å². The number of hydrogen-bond donors (Lipinski definition) is 1. The van der Waals surface area contributed by atoms with Gasteiger partial charge in [0.25, 0.3) is 0 Å². The lowest BCUT2D eigenvalue weighted by Crippen LogP contribution is -2.33. The predicted octanol–water partition coefficient (Wildman–Crippen LogP) is 3.27. The van der Waals surface area contributed by atoms with Crippen LogP contribution in [0.25, 0.3) is 0 Å². The van der Waals surface area contributed by atoms with Crippen LogP contribution < -0.4 is 10.2 Å². The van der Waals surface area contributed by atoms with Crippen molar-refractivity contribution in [3.63, 3.8) is 0 Å². The third kappa shape index (κ3) is 3.58. The Morgan fingerprint density at radius 2 is 1.95 bits per heavy atom. The minimum atomic E-state index is 0.349. The molecule has 1 fully saturated rings. The van der Waals surface area contributed by atoms with Crippen molar-refractivity contribution in [1.82, 2.24) is 9.97 Å². The van der Waals surface area contributed by atoms with Crippen LogP contribution in [0.15, 0.2) is 6.07 Å². The van der Waals surface area contributed by atoms with Crippen molar-refractivity contribution < 1.29 is 0 Å². The van der Waals surface area contributed by atoms with E-state index in [1.807, 2.05) is 7.05 Å². The van der Waals surface area contributed by atoms with E-state index in [1.54, 1.807) is 0 Å². The van der Waals surface area contributed by atoms with Gasteiger partial charge in [-0.2, -0.15) is 0 Å². The summed E-state index contributed by atoms with van der Waals surface area (Å²) in [6.07, 6.45) is 2.73. The first-order chi connectivity index (χ1) is 9.01. The molecule has 1 aromatic heterocycles. The van der Waals surface area contributed by atoms with E-state index >= 15 is 0 Å². The lowest BCUT2D eigenvalue weighted by atomic mass is 10.2. The van der Waals surface area contributed by atoms with Crippen molar-refractivity contribution in [2.24, 2.45) is 5.92 Å². The van der Waals surface area contributed by atoms with Gasteiger partial charge in [0.1, 0.15) is 17.5 Å². The highest BCUT2D eigenvalue weighted by atomic mass is 15.2. The van der Waals surface area contributed by atoms with E-state index in [1.165, 1.54) is 12.8 Å². The Hall–Kier alpha value is -1.32. The first kappa shape index (κ1) is 14.1. The summed E-state index contributed by atoms with van der Waals surface area (Å²) in [4.78, 5) is 11.7. The molecule has 1 aliphatic rings. The molecule has 4 nitrogen and oxygen atoms in total. The number of rotatable bonds is 6. The second kappa shape index (κ2) is 5.76. The predicted molar refractivity (Wildman–Crippen MR) is 80.9 cm³/mol. The van der Waals surface area contributed by atoms with E-state index in [9.17, 15) is 0 Å². The van der Waals surface area contributed by atoms with Gasteiger partial charge in [0, 0.05) is 31.6 Å². The van der Waals surface area contributed by atoms with Crippen molar-refractivity contribution in [2.75, 3.05) is 23.8 Å². The number of anilines is 2. The summed E-state index contributed by atoms with van der Waals surface area (Å²) in [6, 6.07) is 2.54. The van der Waals surface area contributed by atoms with Gasteiger partial charge in [-0.05, 0) is 32.6 Å². The number of hydrogen-bond acceptors (Lipinski definition) is 4. The van der Waals surface area contributed by atoms with Crippen molar-refractivity contribution in [2.45, 2.75) is 52.5 Å². The largest absolute Gasteiger partial charge is 0.373 e. The van der Waals surface area contributed by atoms with Gasteiger partial charge in [0.15, 0.2) is 0 Å². The number of nitrogens with one attached hydrogen (secondary N) is 1. The maximum atomic E-state index is 4.76. The second-order valence-electron chi connectivity index (χ2n) is 6.06. The zero-order valence-electron chi connectivity index (χ0n) is 12.8. The van der Waals surface area contributed by atoms with Gasteiger partial charge in [0.2, 0.25) is 0 Å². The molecule has 106 valence electrons. The average Bonchev–Trinajstić information content (AvgIpc) is 3.18. The van der Waals surface area contributed by atoms with Crippen LogP contribution in [0.5, 0.6) is 0 Å². The fourth-order valence-corrected chi connectivity index (χ4v) is 2.13. The SMILES string of the molecule is CNc1cc(N(CC2CC2)C(C)C)nc(C(C)C)n1. The minimum Gasteiger partial charge on any atom is -0.373 e. The third-order valence-corrected chi connectivity index (χ3v) is 3.57. The van der Waals surface area contributed by atoms with Crippen LogP contribution >= 0.6 is 0 Å². The zero-order chi connectivity index (χ0) is 14.0. The molecule has 1 aliphatic carbocycles. The Labute approximate surface area is 116 Å². The van der Waals surface area contributed by atoms with E-state index in [-0.39, 0.29) is 0 Å². The summed E-state index contributed by atoms with van der Waals surface area (Å²) in [7, 11) is 1.91. The van der Waals surface area contributed by atoms with Gasteiger partial charge in [-0.3, -0.25) is 0 Å². The molecule has 4 heteroatoms. The Morgan fingerprint density at radius 3 is 2.42 bits per heavy atom. The molecule has 0 aromatic carbocycles. The lowest BCUT2D eigenvalue weighted by Gasteiger charge is -2.28. The van der Waals surface area contributed by atoms with Gasteiger partial charge in [-0.1, -0.05) is 13.8 Å². The van der Waals surface area contributed by atoms with Crippen molar-refractivity contribution in [1.29, 1.82) is 0 Å². The topological polar surface area (TPSA) is 41.0 Å². The maximum absolute atomic E-state index is 4.76. The van der Waals surface area contributed by atoms with E-state index < -0.39 is 0 Å². The molecule has 0 radical (unpaired) electrons. The van der Waals surface area contributed by atoms with E-state index in [0.29, 0.717) is 12.0 Å². The van der Waals surface area contributed by atoms with Gasteiger partial charge in [-0.25, -0.2) is 9.97 Å². The summed E-state index contributed by atoms with van der Waals surface area (Å²) < 4.78 is 0. The molecule has 0 amide bonds. The molecule has 0 saturated heterocycles. The maximum Gasteiger partial charge on any atom is 0.135 e. The number of nitrogens with zero attached hydrogens (tertiary/aromatic N) is 3. The first-order valence-electron chi connectivity index (χ1n) is 7.34. The summed E-state index contributed by atoms with van der Waals surface area (Å²) in [5.41, 5.74) is 0. The van der Waals surface area contributed by atoms with Crippen LogP contribution in [-0.4, -0.2) is 29.6 Å². The van der Waals surface area contributed by atoms with Gasteiger partial charge in [-0.15, -0.1) is 0 Å². The summed E-state index contributed by atoms with van der Waals surface area (Å²) in [6.45, 7) is 9.87. The molecular formula is C15H26N4. The fourth-order valence-electron chi connectivity index (χ4n) is 2.13. The third-order valence-electron chi connectivity index (χ3n) is 3.57. The fraction of sp³-hybridized carbons (Fsp3) is 0.733. The molecule has 2 rings (SSSR count). The van der Waals surface area contributed by atoms with Crippen LogP contribution in [-0.2, 0) is 0 Å². The molecular weight excluding hydrogens is 236 g/mol. The lowest BCUT2D eigenvalue weighted by molar-refractivity contribution is 0.630. The average molecular weight is 262 g/mol. The molecule has 1 saturated carbocycles. The molecule has 0 spiro atoms. The van der Waals surface area contributed by atoms with Crippen molar-refractivity contribution in [3.05, 3.63) is 11.9 Å².